The minimum Gasteiger partial charge on any atom is -0.494 e. The highest BCUT2D eigenvalue weighted by atomic mass is 16.5. The van der Waals surface area contributed by atoms with Gasteiger partial charge >= 0.3 is 0 Å². The summed E-state index contributed by atoms with van der Waals surface area (Å²) in [4.78, 5) is 15.0. The lowest BCUT2D eigenvalue weighted by molar-refractivity contribution is -0.117. The Morgan fingerprint density at radius 3 is 2.61 bits per heavy atom. The molecule has 1 saturated heterocycles. The number of rotatable bonds is 10. The van der Waals surface area contributed by atoms with Crippen LogP contribution in [0.2, 0.25) is 0 Å². The van der Waals surface area contributed by atoms with Gasteiger partial charge in [-0.1, -0.05) is 25.1 Å². The molecule has 36 heavy (non-hydrogen) atoms. The van der Waals surface area contributed by atoms with Crippen LogP contribution in [0, 0.1) is 11.3 Å². The van der Waals surface area contributed by atoms with E-state index >= 15 is 0 Å². The molecule has 8 nitrogen and oxygen atoms in total. The largest absolute Gasteiger partial charge is 0.494 e. The van der Waals surface area contributed by atoms with Gasteiger partial charge in [0.2, 0.25) is 0 Å². The summed E-state index contributed by atoms with van der Waals surface area (Å²) < 4.78 is 12.8. The molecule has 2 aromatic carbocycles. The maximum absolute atomic E-state index is 12.8. The van der Waals surface area contributed by atoms with Gasteiger partial charge in [0.15, 0.2) is 0 Å². The second-order valence-corrected chi connectivity index (χ2v) is 8.47. The van der Waals surface area contributed by atoms with E-state index in [2.05, 4.69) is 23.2 Å². The quantitative estimate of drug-likeness (QED) is 0.348. The zero-order valence-electron chi connectivity index (χ0n) is 20.5. The van der Waals surface area contributed by atoms with Crippen molar-refractivity contribution in [3.05, 3.63) is 71.9 Å². The fourth-order valence-electron chi connectivity index (χ4n) is 3.91. The first-order valence-electron chi connectivity index (χ1n) is 12.3. The Balaban J connectivity index is 1.57. The number of carbonyl (C=O) groups excluding carboxylic acids is 1. The van der Waals surface area contributed by atoms with Crippen LogP contribution in [-0.2, 0) is 9.53 Å². The van der Waals surface area contributed by atoms with Gasteiger partial charge in [0.1, 0.15) is 17.4 Å². The molecule has 0 radical (unpaired) electrons. The van der Waals surface area contributed by atoms with Crippen LogP contribution >= 0.6 is 0 Å². The standard InChI is InChI=1S/C28H31N5O3/c1-2-16-36-26-10-8-22(9-11-26)27-24(21-33(31-27)25-6-4-3-5-7-25)19-23(20-29)28(34)30-12-13-32-14-17-35-18-15-32/h3-11,19,21H,2,12-18H2,1H3,(H,30,34)/b23-19+. The molecule has 0 spiro atoms. The van der Waals surface area contributed by atoms with Gasteiger partial charge in [-0.15, -0.1) is 0 Å². The number of para-hydroxylation sites is 1. The number of carbonyl (C=O) groups is 1. The highest BCUT2D eigenvalue weighted by molar-refractivity contribution is 6.02. The minimum absolute atomic E-state index is 0.0359. The average molecular weight is 486 g/mol. The van der Waals surface area contributed by atoms with Crippen molar-refractivity contribution in [2.45, 2.75) is 13.3 Å². The Labute approximate surface area is 211 Å². The van der Waals surface area contributed by atoms with E-state index in [1.54, 1.807) is 10.8 Å². The molecule has 0 unspecified atom stereocenters. The zero-order chi connectivity index (χ0) is 25.2. The molecule has 1 aliphatic rings. The molecule has 0 saturated carbocycles. The topological polar surface area (TPSA) is 92.4 Å². The number of ether oxygens (including phenoxy) is 2. The number of nitrogens with one attached hydrogen (secondary N) is 1. The molecule has 0 aliphatic carbocycles. The number of benzene rings is 2. The first kappa shape index (κ1) is 25.2. The van der Waals surface area contributed by atoms with Crippen LogP contribution in [0.1, 0.15) is 18.9 Å². The van der Waals surface area contributed by atoms with E-state index in [1.165, 1.54) is 0 Å². The summed E-state index contributed by atoms with van der Waals surface area (Å²) in [6.45, 7) is 7.01. The van der Waals surface area contributed by atoms with Gasteiger partial charge in [-0.25, -0.2) is 4.68 Å². The first-order chi connectivity index (χ1) is 17.7. The van der Waals surface area contributed by atoms with Gasteiger partial charge in [0, 0.05) is 43.5 Å². The third-order valence-electron chi connectivity index (χ3n) is 5.85. The van der Waals surface area contributed by atoms with Gasteiger partial charge in [-0.05, 0) is 48.9 Å². The van der Waals surface area contributed by atoms with Crippen LogP contribution in [0.5, 0.6) is 5.75 Å². The molecule has 1 aliphatic heterocycles. The number of nitriles is 1. The molecule has 8 heteroatoms. The van der Waals surface area contributed by atoms with Crippen molar-refractivity contribution in [1.82, 2.24) is 20.0 Å². The van der Waals surface area contributed by atoms with E-state index in [1.807, 2.05) is 60.8 Å². The molecule has 2 heterocycles. The maximum atomic E-state index is 12.8. The molecule has 3 aromatic rings. The number of nitrogens with zero attached hydrogens (tertiary/aromatic N) is 4. The number of hydrogen-bond acceptors (Lipinski definition) is 6. The van der Waals surface area contributed by atoms with Crippen LogP contribution in [0.15, 0.2) is 66.4 Å². The summed E-state index contributed by atoms with van der Waals surface area (Å²) in [7, 11) is 0. The molecular formula is C28H31N5O3. The van der Waals surface area contributed by atoms with E-state index in [0.29, 0.717) is 37.6 Å². The van der Waals surface area contributed by atoms with Crippen molar-refractivity contribution in [2.75, 3.05) is 46.0 Å². The van der Waals surface area contributed by atoms with E-state index in [-0.39, 0.29) is 5.57 Å². The van der Waals surface area contributed by atoms with Gasteiger partial charge < -0.3 is 14.8 Å². The summed E-state index contributed by atoms with van der Waals surface area (Å²) in [6.07, 6.45) is 4.38. The summed E-state index contributed by atoms with van der Waals surface area (Å²) >= 11 is 0. The van der Waals surface area contributed by atoms with Crippen molar-refractivity contribution in [3.63, 3.8) is 0 Å². The van der Waals surface area contributed by atoms with E-state index in [4.69, 9.17) is 14.6 Å². The Bertz CT molecular complexity index is 1210. The van der Waals surface area contributed by atoms with E-state index < -0.39 is 5.91 Å². The van der Waals surface area contributed by atoms with Gasteiger partial charge in [-0.3, -0.25) is 9.69 Å². The lowest BCUT2D eigenvalue weighted by atomic mass is 10.1. The molecule has 186 valence electrons. The first-order valence-corrected chi connectivity index (χ1v) is 12.3. The molecule has 1 N–H and O–H groups in total. The van der Waals surface area contributed by atoms with Gasteiger partial charge in [0.25, 0.3) is 5.91 Å². The molecular weight excluding hydrogens is 454 g/mol. The summed E-state index contributed by atoms with van der Waals surface area (Å²) in [5.41, 5.74) is 3.14. The fourth-order valence-corrected chi connectivity index (χ4v) is 3.91. The zero-order valence-corrected chi connectivity index (χ0v) is 20.5. The van der Waals surface area contributed by atoms with Crippen molar-refractivity contribution < 1.29 is 14.3 Å². The molecule has 0 bridgehead atoms. The predicted molar refractivity (Wildman–Crippen MR) is 139 cm³/mol. The van der Waals surface area contributed by atoms with Crippen molar-refractivity contribution in [3.8, 4) is 28.8 Å². The van der Waals surface area contributed by atoms with Crippen molar-refractivity contribution in [1.29, 1.82) is 5.26 Å². The van der Waals surface area contributed by atoms with Crippen LogP contribution in [-0.4, -0.2) is 66.6 Å². The summed E-state index contributed by atoms with van der Waals surface area (Å²) in [5, 5.41) is 17.4. The lowest BCUT2D eigenvalue weighted by Crippen LogP contribution is -2.41. The van der Waals surface area contributed by atoms with Crippen molar-refractivity contribution in [2.24, 2.45) is 0 Å². The second kappa shape index (κ2) is 12.7. The molecule has 1 amide bonds. The van der Waals surface area contributed by atoms with Crippen LogP contribution in [0.25, 0.3) is 23.0 Å². The summed E-state index contributed by atoms with van der Waals surface area (Å²) in [5.74, 6) is 0.394. The molecule has 1 aromatic heterocycles. The normalized spacial score (nSPS) is 14.3. The monoisotopic (exact) mass is 485 g/mol. The van der Waals surface area contributed by atoms with Gasteiger partial charge in [-0.2, -0.15) is 10.4 Å². The number of morpholine rings is 1. The van der Waals surface area contributed by atoms with Crippen LogP contribution < -0.4 is 10.1 Å². The van der Waals surface area contributed by atoms with E-state index in [0.717, 1.165) is 43.1 Å². The van der Waals surface area contributed by atoms with Crippen LogP contribution in [0.4, 0.5) is 0 Å². The SMILES string of the molecule is CCCOc1ccc(-c2nn(-c3ccccc3)cc2/C=C(\C#N)C(=O)NCCN2CCOCC2)cc1. The smallest absolute Gasteiger partial charge is 0.262 e. The highest BCUT2D eigenvalue weighted by Gasteiger charge is 2.16. The molecule has 1 fully saturated rings. The third kappa shape index (κ3) is 6.60. The number of amides is 1. The van der Waals surface area contributed by atoms with E-state index in [9.17, 15) is 10.1 Å². The Morgan fingerprint density at radius 2 is 1.92 bits per heavy atom. The maximum Gasteiger partial charge on any atom is 0.262 e. The number of hydrogen-bond donors (Lipinski definition) is 1. The third-order valence-corrected chi connectivity index (χ3v) is 5.85. The minimum atomic E-state index is -0.396. The average Bonchev–Trinajstić information content (AvgIpc) is 3.35. The second-order valence-electron chi connectivity index (χ2n) is 8.47. The predicted octanol–water partition coefficient (Wildman–Crippen LogP) is 3.68. The number of aromatic nitrogens is 2. The molecule has 0 atom stereocenters. The van der Waals surface area contributed by atoms with Crippen molar-refractivity contribution >= 4 is 12.0 Å². The van der Waals surface area contributed by atoms with Gasteiger partial charge in [0.05, 0.1) is 31.2 Å². The van der Waals surface area contributed by atoms with Crippen LogP contribution in [0.3, 0.4) is 0 Å². The fraction of sp³-hybridized carbons (Fsp3) is 0.321. The Kier molecular flexibility index (Phi) is 8.87. The Hall–Kier alpha value is -3.93. The summed E-state index contributed by atoms with van der Waals surface area (Å²) in [6, 6.07) is 19.5. The molecule has 4 rings (SSSR count). The highest BCUT2D eigenvalue weighted by Crippen LogP contribution is 2.27. The lowest BCUT2D eigenvalue weighted by Gasteiger charge is -2.26. The Morgan fingerprint density at radius 1 is 1.17 bits per heavy atom.